The molecule has 0 saturated carbocycles. The van der Waals surface area contributed by atoms with E-state index < -0.39 is 0 Å². The highest BCUT2D eigenvalue weighted by atomic mass is 32.1. The van der Waals surface area contributed by atoms with Gasteiger partial charge in [-0.25, -0.2) is 19.3 Å². The summed E-state index contributed by atoms with van der Waals surface area (Å²) < 4.78 is 1.35. The molecule has 0 atom stereocenters. The number of rotatable bonds is 3. The number of hydrogen-bond acceptors (Lipinski definition) is 6. The van der Waals surface area contributed by atoms with Gasteiger partial charge < -0.3 is 5.32 Å². The molecule has 3 heterocycles. The molecule has 2 N–H and O–H groups in total. The van der Waals surface area contributed by atoms with E-state index in [4.69, 9.17) is 0 Å². The van der Waals surface area contributed by atoms with E-state index in [1.807, 2.05) is 0 Å². The third-order valence-corrected chi connectivity index (χ3v) is 3.02. The van der Waals surface area contributed by atoms with Gasteiger partial charge in [-0.15, -0.1) is 11.3 Å². The molecule has 0 amide bonds. The van der Waals surface area contributed by atoms with E-state index >= 15 is 0 Å². The van der Waals surface area contributed by atoms with Crippen LogP contribution in [0.3, 0.4) is 0 Å². The lowest BCUT2D eigenvalue weighted by Gasteiger charge is -2.02. The molecule has 0 unspecified atom stereocenters. The van der Waals surface area contributed by atoms with Gasteiger partial charge in [0.2, 0.25) is 0 Å². The van der Waals surface area contributed by atoms with E-state index in [-0.39, 0.29) is 5.69 Å². The number of anilines is 1. The maximum Gasteiger partial charge on any atom is 0.348 e. The lowest BCUT2D eigenvalue weighted by atomic mass is 10.5. The average Bonchev–Trinajstić information content (AvgIpc) is 2.97. The summed E-state index contributed by atoms with van der Waals surface area (Å²) in [5, 5.41) is 9.35. The van der Waals surface area contributed by atoms with Crippen molar-refractivity contribution in [2.75, 3.05) is 5.32 Å². The zero-order valence-corrected chi connectivity index (χ0v) is 9.44. The highest BCUT2D eigenvalue weighted by molar-refractivity contribution is 7.09. The van der Waals surface area contributed by atoms with Crippen LogP contribution in [0, 0.1) is 0 Å². The van der Waals surface area contributed by atoms with Crippen LogP contribution < -0.4 is 11.0 Å². The molecule has 86 valence electrons. The molecule has 7 nitrogen and oxygen atoms in total. The largest absolute Gasteiger partial charge is 0.365 e. The minimum absolute atomic E-state index is 0.290. The molecule has 0 aliphatic rings. The number of H-pyrrole nitrogens is 1. The van der Waals surface area contributed by atoms with Gasteiger partial charge in [-0.3, -0.25) is 4.98 Å². The smallest absolute Gasteiger partial charge is 0.348 e. The fourth-order valence-corrected chi connectivity index (χ4v) is 1.95. The normalized spacial score (nSPS) is 10.8. The molecule has 17 heavy (non-hydrogen) atoms. The van der Waals surface area contributed by atoms with Gasteiger partial charge in [0.15, 0.2) is 5.65 Å². The number of aromatic nitrogens is 5. The SMILES string of the molecule is O=c1[nH]nc2cc(NCc3cncs3)ncn12. The van der Waals surface area contributed by atoms with E-state index in [0.717, 1.165) is 4.88 Å². The third kappa shape index (κ3) is 1.89. The zero-order chi connectivity index (χ0) is 11.7. The van der Waals surface area contributed by atoms with E-state index in [2.05, 4.69) is 25.5 Å². The van der Waals surface area contributed by atoms with Crippen LogP contribution in [-0.2, 0) is 6.54 Å². The van der Waals surface area contributed by atoms with Gasteiger partial charge in [0.25, 0.3) is 0 Å². The summed E-state index contributed by atoms with van der Waals surface area (Å²) in [7, 11) is 0. The Balaban J connectivity index is 1.83. The van der Waals surface area contributed by atoms with E-state index in [9.17, 15) is 4.79 Å². The van der Waals surface area contributed by atoms with Gasteiger partial charge in [-0.05, 0) is 0 Å². The number of aromatic amines is 1. The van der Waals surface area contributed by atoms with Crippen LogP contribution in [0.1, 0.15) is 4.88 Å². The molecular formula is C9H8N6OS. The second-order valence-electron chi connectivity index (χ2n) is 3.35. The van der Waals surface area contributed by atoms with Gasteiger partial charge in [0.1, 0.15) is 12.1 Å². The summed E-state index contributed by atoms with van der Waals surface area (Å²) in [6.45, 7) is 0.655. The maximum atomic E-state index is 11.2. The zero-order valence-electron chi connectivity index (χ0n) is 8.62. The molecule has 0 bridgehead atoms. The highest BCUT2D eigenvalue weighted by Gasteiger charge is 2.02. The molecule has 0 fully saturated rings. The maximum absolute atomic E-state index is 11.2. The lowest BCUT2D eigenvalue weighted by molar-refractivity contribution is 0.992. The van der Waals surface area contributed by atoms with Crippen molar-refractivity contribution in [1.29, 1.82) is 0 Å². The first-order valence-electron chi connectivity index (χ1n) is 4.87. The standard InChI is InChI=1S/C9H8N6OS/c16-9-14-13-8-1-7(12-4-15(8)9)11-3-6-2-10-5-17-6/h1-2,4-5,11H,3H2,(H,14,16). The van der Waals surface area contributed by atoms with Crippen molar-refractivity contribution < 1.29 is 0 Å². The lowest BCUT2D eigenvalue weighted by Crippen LogP contribution is -2.10. The van der Waals surface area contributed by atoms with Crippen molar-refractivity contribution in [3.63, 3.8) is 0 Å². The van der Waals surface area contributed by atoms with Crippen molar-refractivity contribution in [1.82, 2.24) is 24.6 Å². The Kier molecular flexibility index (Phi) is 2.33. The molecule has 3 aromatic heterocycles. The Morgan fingerprint density at radius 3 is 3.29 bits per heavy atom. The highest BCUT2D eigenvalue weighted by Crippen LogP contribution is 2.09. The summed E-state index contributed by atoms with van der Waals surface area (Å²) in [6, 6.07) is 1.71. The second-order valence-corrected chi connectivity index (χ2v) is 4.32. The Morgan fingerprint density at radius 2 is 2.47 bits per heavy atom. The number of thiazole rings is 1. The van der Waals surface area contributed by atoms with Gasteiger partial charge in [-0.1, -0.05) is 0 Å². The van der Waals surface area contributed by atoms with Crippen LogP contribution in [0.25, 0.3) is 5.65 Å². The molecule has 3 aromatic rings. The number of nitrogens with zero attached hydrogens (tertiary/aromatic N) is 4. The molecular weight excluding hydrogens is 240 g/mol. The molecule has 0 aliphatic heterocycles. The Labute approximate surface area is 99.2 Å². The third-order valence-electron chi connectivity index (χ3n) is 2.24. The predicted molar refractivity (Wildman–Crippen MR) is 63.0 cm³/mol. The topological polar surface area (TPSA) is 88.0 Å². The van der Waals surface area contributed by atoms with Crippen LogP contribution in [-0.4, -0.2) is 24.6 Å². The molecule has 0 saturated heterocycles. The number of nitrogens with one attached hydrogen (secondary N) is 2. The first-order valence-corrected chi connectivity index (χ1v) is 5.75. The molecule has 0 spiro atoms. The predicted octanol–water partition coefficient (Wildman–Crippen LogP) is 0.486. The number of fused-ring (bicyclic) bond motifs is 1. The van der Waals surface area contributed by atoms with Gasteiger partial charge in [-0.2, -0.15) is 5.10 Å². The summed E-state index contributed by atoms with van der Waals surface area (Å²) in [6.07, 6.45) is 3.24. The molecule has 8 heteroatoms. The monoisotopic (exact) mass is 248 g/mol. The minimum Gasteiger partial charge on any atom is -0.365 e. The fraction of sp³-hybridized carbons (Fsp3) is 0.111. The van der Waals surface area contributed by atoms with Crippen molar-refractivity contribution in [2.45, 2.75) is 6.54 Å². The molecule has 0 radical (unpaired) electrons. The van der Waals surface area contributed by atoms with Crippen LogP contribution in [0.4, 0.5) is 5.82 Å². The van der Waals surface area contributed by atoms with Crippen molar-refractivity contribution in [2.24, 2.45) is 0 Å². The summed E-state index contributed by atoms with van der Waals surface area (Å²) in [5.74, 6) is 0.671. The molecule has 0 aromatic carbocycles. The van der Waals surface area contributed by atoms with Crippen LogP contribution in [0.2, 0.25) is 0 Å². The molecule has 3 rings (SSSR count). The summed E-state index contributed by atoms with van der Waals surface area (Å²) in [4.78, 5) is 20.4. The number of hydrogen-bond donors (Lipinski definition) is 2. The van der Waals surface area contributed by atoms with Gasteiger partial charge in [0, 0.05) is 17.1 Å². The van der Waals surface area contributed by atoms with Crippen molar-refractivity contribution >= 4 is 22.8 Å². The van der Waals surface area contributed by atoms with Crippen LogP contribution in [0.5, 0.6) is 0 Å². The first kappa shape index (κ1) is 9.97. The quantitative estimate of drug-likeness (QED) is 0.704. The van der Waals surface area contributed by atoms with Crippen molar-refractivity contribution in [3.05, 3.63) is 39.5 Å². The van der Waals surface area contributed by atoms with E-state index in [1.54, 1.807) is 29.1 Å². The Bertz CT molecular complexity index is 685. The Morgan fingerprint density at radius 1 is 1.53 bits per heavy atom. The van der Waals surface area contributed by atoms with Crippen molar-refractivity contribution in [3.8, 4) is 0 Å². The van der Waals surface area contributed by atoms with E-state index in [0.29, 0.717) is 18.0 Å². The first-order chi connectivity index (χ1) is 8.33. The second kappa shape index (κ2) is 3.98. The average molecular weight is 248 g/mol. The summed E-state index contributed by atoms with van der Waals surface area (Å²) >= 11 is 1.57. The van der Waals surface area contributed by atoms with Crippen LogP contribution >= 0.6 is 11.3 Å². The van der Waals surface area contributed by atoms with Crippen LogP contribution in [0.15, 0.2) is 28.9 Å². The fourth-order valence-electron chi connectivity index (χ4n) is 1.41. The molecule has 0 aliphatic carbocycles. The summed E-state index contributed by atoms with van der Waals surface area (Å²) in [5.41, 5.74) is 2.03. The Hall–Kier alpha value is -2.22. The minimum atomic E-state index is -0.290. The van der Waals surface area contributed by atoms with Gasteiger partial charge >= 0.3 is 5.69 Å². The van der Waals surface area contributed by atoms with E-state index in [1.165, 1.54) is 10.7 Å². The van der Waals surface area contributed by atoms with Gasteiger partial charge in [0.05, 0.1) is 12.1 Å².